The number of aromatic nitrogens is 2. The highest BCUT2D eigenvalue weighted by molar-refractivity contribution is 5.82. The Bertz CT molecular complexity index is 993. The van der Waals surface area contributed by atoms with E-state index in [1.165, 1.54) is 25.1 Å². The van der Waals surface area contributed by atoms with Crippen molar-refractivity contribution in [2.75, 3.05) is 14.2 Å². The maximum absolute atomic E-state index is 12.8. The van der Waals surface area contributed by atoms with Crippen molar-refractivity contribution in [2.45, 2.75) is 6.42 Å². The SMILES string of the molecule is COc1cc2ncn(-c3ccc(CC(=O)O)cc3)c(=O)c2cc1OC. The van der Waals surface area contributed by atoms with Crippen molar-refractivity contribution in [2.24, 2.45) is 0 Å². The number of fused-ring (bicyclic) bond motifs is 1. The van der Waals surface area contributed by atoms with Crippen molar-refractivity contribution >= 4 is 16.9 Å². The minimum atomic E-state index is -0.904. The molecule has 0 bridgehead atoms. The van der Waals surface area contributed by atoms with E-state index in [-0.39, 0.29) is 12.0 Å². The quantitative estimate of drug-likeness (QED) is 0.764. The number of hydrogen-bond donors (Lipinski definition) is 1. The summed E-state index contributed by atoms with van der Waals surface area (Å²) in [5, 5.41) is 9.22. The van der Waals surface area contributed by atoms with Crippen LogP contribution in [0.3, 0.4) is 0 Å². The predicted octanol–water partition coefficient (Wildman–Crippen LogP) is 2.03. The third-order valence-corrected chi connectivity index (χ3v) is 3.83. The zero-order chi connectivity index (χ0) is 18.0. The van der Waals surface area contributed by atoms with Crippen LogP contribution in [-0.4, -0.2) is 34.8 Å². The number of carbonyl (C=O) groups is 1. The summed E-state index contributed by atoms with van der Waals surface area (Å²) in [4.78, 5) is 27.8. The molecule has 128 valence electrons. The van der Waals surface area contributed by atoms with Crippen LogP contribution in [0.5, 0.6) is 11.5 Å². The Hall–Kier alpha value is -3.35. The van der Waals surface area contributed by atoms with Gasteiger partial charge < -0.3 is 14.6 Å². The van der Waals surface area contributed by atoms with Gasteiger partial charge in [0.1, 0.15) is 6.33 Å². The molecular formula is C18H16N2O5. The Morgan fingerprint density at radius 3 is 2.36 bits per heavy atom. The summed E-state index contributed by atoms with van der Waals surface area (Å²) < 4.78 is 11.9. The molecule has 2 aromatic carbocycles. The van der Waals surface area contributed by atoms with Gasteiger partial charge in [-0.3, -0.25) is 14.2 Å². The molecule has 7 nitrogen and oxygen atoms in total. The maximum atomic E-state index is 12.8. The van der Waals surface area contributed by atoms with Crippen LogP contribution >= 0.6 is 0 Å². The van der Waals surface area contributed by atoms with Crippen LogP contribution in [0.1, 0.15) is 5.56 Å². The largest absolute Gasteiger partial charge is 0.493 e. The monoisotopic (exact) mass is 340 g/mol. The van der Waals surface area contributed by atoms with Gasteiger partial charge in [-0.05, 0) is 23.8 Å². The number of ether oxygens (including phenoxy) is 2. The minimum absolute atomic E-state index is 0.0673. The van der Waals surface area contributed by atoms with Gasteiger partial charge in [-0.25, -0.2) is 4.98 Å². The number of methoxy groups -OCH3 is 2. The van der Waals surface area contributed by atoms with Gasteiger partial charge in [0.2, 0.25) is 0 Å². The molecule has 0 atom stereocenters. The van der Waals surface area contributed by atoms with Crippen LogP contribution in [0.15, 0.2) is 47.5 Å². The Balaban J connectivity index is 2.09. The Kier molecular flexibility index (Phi) is 4.38. The van der Waals surface area contributed by atoms with E-state index >= 15 is 0 Å². The molecule has 3 rings (SSSR count). The Morgan fingerprint density at radius 1 is 1.12 bits per heavy atom. The number of aliphatic carboxylic acids is 1. The molecule has 0 saturated heterocycles. The van der Waals surface area contributed by atoms with Gasteiger partial charge in [0.05, 0.1) is 37.2 Å². The molecule has 7 heteroatoms. The van der Waals surface area contributed by atoms with E-state index in [1.54, 1.807) is 36.4 Å². The van der Waals surface area contributed by atoms with Gasteiger partial charge in [-0.1, -0.05) is 12.1 Å². The summed E-state index contributed by atoms with van der Waals surface area (Å²) in [5.74, 6) is 0.0412. The van der Waals surface area contributed by atoms with Gasteiger partial charge in [-0.15, -0.1) is 0 Å². The van der Waals surface area contributed by atoms with E-state index in [0.29, 0.717) is 33.7 Å². The minimum Gasteiger partial charge on any atom is -0.493 e. The fourth-order valence-corrected chi connectivity index (χ4v) is 2.58. The predicted molar refractivity (Wildman–Crippen MR) is 91.8 cm³/mol. The third-order valence-electron chi connectivity index (χ3n) is 3.83. The zero-order valence-corrected chi connectivity index (χ0v) is 13.7. The molecular weight excluding hydrogens is 324 g/mol. The van der Waals surface area contributed by atoms with Gasteiger partial charge >= 0.3 is 5.97 Å². The fourth-order valence-electron chi connectivity index (χ4n) is 2.58. The molecule has 25 heavy (non-hydrogen) atoms. The highest BCUT2D eigenvalue weighted by atomic mass is 16.5. The molecule has 0 aliphatic heterocycles. The highest BCUT2D eigenvalue weighted by Crippen LogP contribution is 2.30. The van der Waals surface area contributed by atoms with Crippen molar-refractivity contribution in [1.82, 2.24) is 9.55 Å². The van der Waals surface area contributed by atoms with Gasteiger partial charge in [0.15, 0.2) is 11.5 Å². The van der Waals surface area contributed by atoms with Crippen LogP contribution in [0.2, 0.25) is 0 Å². The number of carboxylic acids is 1. The standard InChI is InChI=1S/C18H16N2O5/c1-24-15-8-13-14(9-16(15)25-2)19-10-20(18(13)23)12-5-3-11(4-6-12)7-17(21)22/h3-6,8-10H,7H2,1-2H3,(H,21,22). The van der Waals surface area contributed by atoms with Crippen molar-refractivity contribution in [3.63, 3.8) is 0 Å². The van der Waals surface area contributed by atoms with Crippen molar-refractivity contribution in [3.8, 4) is 17.2 Å². The third kappa shape index (κ3) is 3.16. The smallest absolute Gasteiger partial charge is 0.307 e. The van der Waals surface area contributed by atoms with Gasteiger partial charge in [0, 0.05) is 6.07 Å². The molecule has 0 aliphatic rings. The second-order valence-corrected chi connectivity index (χ2v) is 5.38. The van der Waals surface area contributed by atoms with Crippen molar-refractivity contribution in [3.05, 3.63) is 58.6 Å². The van der Waals surface area contributed by atoms with E-state index in [0.717, 1.165) is 0 Å². The summed E-state index contributed by atoms with van der Waals surface area (Å²) >= 11 is 0. The van der Waals surface area contributed by atoms with E-state index in [9.17, 15) is 9.59 Å². The van der Waals surface area contributed by atoms with Crippen LogP contribution in [-0.2, 0) is 11.2 Å². The highest BCUT2D eigenvalue weighted by Gasteiger charge is 2.12. The van der Waals surface area contributed by atoms with Crippen LogP contribution in [0.4, 0.5) is 0 Å². The second kappa shape index (κ2) is 6.64. The number of benzene rings is 2. The Morgan fingerprint density at radius 2 is 1.76 bits per heavy atom. The average molecular weight is 340 g/mol. The maximum Gasteiger partial charge on any atom is 0.307 e. The van der Waals surface area contributed by atoms with Gasteiger partial charge in [0.25, 0.3) is 5.56 Å². The first-order valence-electron chi connectivity index (χ1n) is 7.48. The Labute approximate surface area is 143 Å². The van der Waals surface area contributed by atoms with Gasteiger partial charge in [-0.2, -0.15) is 0 Å². The van der Waals surface area contributed by atoms with E-state index in [1.807, 2.05) is 0 Å². The molecule has 1 N–H and O–H groups in total. The number of hydrogen-bond acceptors (Lipinski definition) is 5. The lowest BCUT2D eigenvalue weighted by molar-refractivity contribution is -0.136. The zero-order valence-electron chi connectivity index (χ0n) is 13.7. The van der Waals surface area contributed by atoms with Crippen LogP contribution in [0, 0.1) is 0 Å². The summed E-state index contributed by atoms with van der Waals surface area (Å²) in [7, 11) is 3.02. The van der Waals surface area contributed by atoms with E-state index in [2.05, 4.69) is 4.98 Å². The van der Waals surface area contributed by atoms with Crippen LogP contribution in [0.25, 0.3) is 16.6 Å². The molecule has 0 radical (unpaired) electrons. The lowest BCUT2D eigenvalue weighted by Crippen LogP contribution is -2.19. The van der Waals surface area contributed by atoms with Crippen molar-refractivity contribution < 1.29 is 19.4 Å². The van der Waals surface area contributed by atoms with Crippen molar-refractivity contribution in [1.29, 1.82) is 0 Å². The molecule has 0 spiro atoms. The number of nitrogens with zero attached hydrogens (tertiary/aromatic N) is 2. The lowest BCUT2D eigenvalue weighted by atomic mass is 10.1. The molecule has 0 saturated carbocycles. The summed E-state index contributed by atoms with van der Waals surface area (Å²) in [6.07, 6.45) is 1.37. The summed E-state index contributed by atoms with van der Waals surface area (Å²) in [5.41, 5.74) is 1.51. The lowest BCUT2D eigenvalue weighted by Gasteiger charge is -2.11. The molecule has 0 fully saturated rings. The molecule has 0 amide bonds. The molecule has 1 heterocycles. The molecule has 1 aromatic heterocycles. The first-order chi connectivity index (χ1) is 12.0. The fraction of sp³-hybridized carbons (Fsp3) is 0.167. The first kappa shape index (κ1) is 16.5. The average Bonchev–Trinajstić information content (AvgIpc) is 2.61. The number of carboxylic acid groups (broad SMARTS) is 1. The molecule has 0 unspecified atom stereocenters. The first-order valence-corrected chi connectivity index (χ1v) is 7.48. The summed E-state index contributed by atoms with van der Waals surface area (Å²) in [6, 6.07) is 9.97. The van der Waals surface area contributed by atoms with Crippen LogP contribution < -0.4 is 15.0 Å². The molecule has 0 aliphatic carbocycles. The number of rotatable bonds is 5. The topological polar surface area (TPSA) is 90.7 Å². The normalized spacial score (nSPS) is 10.6. The molecule has 3 aromatic rings. The second-order valence-electron chi connectivity index (χ2n) is 5.38. The van der Waals surface area contributed by atoms with E-state index < -0.39 is 5.97 Å². The summed E-state index contributed by atoms with van der Waals surface area (Å²) in [6.45, 7) is 0. The van der Waals surface area contributed by atoms with E-state index in [4.69, 9.17) is 14.6 Å².